The molecule has 0 saturated carbocycles. The van der Waals surface area contributed by atoms with Crippen molar-refractivity contribution in [3.63, 3.8) is 0 Å². The maximum Gasteiger partial charge on any atom is 0.261 e. The minimum absolute atomic E-state index is 0.0340. The van der Waals surface area contributed by atoms with Crippen LogP contribution in [-0.4, -0.2) is 20.4 Å². The summed E-state index contributed by atoms with van der Waals surface area (Å²) in [5.74, 6) is -0.0746. The monoisotopic (exact) mass is 380 g/mol. The topological polar surface area (TPSA) is 75.3 Å². The standard InChI is InChI=1S/C18H21ClN2O3S/c1-12(2)13(3)20-18(22)16-11-14(9-10-17(16)19)21-25(23,24)15-7-5-4-6-8-15/h4-13,21H,1-3H3,(H,20,22)/t13-/m1/s1. The van der Waals surface area contributed by atoms with Crippen LogP contribution in [0.2, 0.25) is 5.02 Å². The van der Waals surface area contributed by atoms with Gasteiger partial charge in [0.15, 0.2) is 0 Å². The Balaban J connectivity index is 2.26. The third-order valence-electron chi connectivity index (χ3n) is 3.88. The summed E-state index contributed by atoms with van der Waals surface area (Å²) in [7, 11) is -3.73. The average Bonchev–Trinajstić information content (AvgIpc) is 2.57. The van der Waals surface area contributed by atoms with Gasteiger partial charge >= 0.3 is 0 Å². The first-order valence-electron chi connectivity index (χ1n) is 7.89. The molecule has 2 rings (SSSR count). The maximum absolute atomic E-state index is 12.4. The van der Waals surface area contributed by atoms with Crippen LogP contribution in [-0.2, 0) is 10.0 Å². The quantitative estimate of drug-likeness (QED) is 0.797. The van der Waals surface area contributed by atoms with Gasteiger partial charge in [-0.25, -0.2) is 8.42 Å². The number of halogens is 1. The molecule has 7 heteroatoms. The third kappa shape index (κ3) is 4.96. The number of nitrogens with one attached hydrogen (secondary N) is 2. The van der Waals surface area contributed by atoms with Crippen LogP contribution < -0.4 is 10.0 Å². The Morgan fingerprint density at radius 2 is 1.68 bits per heavy atom. The number of carbonyl (C=O) groups is 1. The van der Waals surface area contributed by atoms with Crippen LogP contribution in [0.1, 0.15) is 31.1 Å². The first-order valence-corrected chi connectivity index (χ1v) is 9.75. The lowest BCUT2D eigenvalue weighted by Crippen LogP contribution is -2.36. The number of benzene rings is 2. The second-order valence-corrected chi connectivity index (χ2v) is 8.21. The maximum atomic E-state index is 12.4. The van der Waals surface area contributed by atoms with E-state index in [9.17, 15) is 13.2 Å². The number of anilines is 1. The summed E-state index contributed by atoms with van der Waals surface area (Å²) in [4.78, 5) is 12.5. The number of rotatable bonds is 6. The molecule has 0 aliphatic heterocycles. The lowest BCUT2D eigenvalue weighted by molar-refractivity contribution is 0.0930. The Kier molecular flexibility index (Phi) is 6.08. The summed E-state index contributed by atoms with van der Waals surface area (Å²) in [6.45, 7) is 5.90. The summed E-state index contributed by atoms with van der Waals surface area (Å²) >= 11 is 6.10. The fourth-order valence-corrected chi connectivity index (χ4v) is 3.30. The Morgan fingerprint density at radius 3 is 2.28 bits per heavy atom. The van der Waals surface area contributed by atoms with Gasteiger partial charge in [0.25, 0.3) is 15.9 Å². The summed E-state index contributed by atoms with van der Waals surface area (Å²) in [5, 5.41) is 3.12. The number of hydrogen-bond acceptors (Lipinski definition) is 3. The minimum Gasteiger partial charge on any atom is -0.349 e. The SMILES string of the molecule is CC(C)[C@@H](C)NC(=O)c1cc(NS(=O)(=O)c2ccccc2)ccc1Cl. The van der Waals surface area contributed by atoms with Crippen molar-refractivity contribution in [2.24, 2.45) is 5.92 Å². The predicted molar refractivity (Wildman–Crippen MR) is 100 cm³/mol. The number of sulfonamides is 1. The zero-order valence-corrected chi connectivity index (χ0v) is 15.9. The van der Waals surface area contributed by atoms with Crippen molar-refractivity contribution in [3.05, 3.63) is 59.1 Å². The zero-order chi connectivity index (χ0) is 18.6. The molecule has 0 aromatic heterocycles. The Morgan fingerprint density at radius 1 is 1.04 bits per heavy atom. The van der Waals surface area contributed by atoms with Gasteiger partial charge in [-0.3, -0.25) is 9.52 Å². The molecule has 2 aromatic rings. The van der Waals surface area contributed by atoms with E-state index in [2.05, 4.69) is 10.0 Å². The summed E-state index contributed by atoms with van der Waals surface area (Å²) in [6.07, 6.45) is 0. The number of carbonyl (C=O) groups excluding carboxylic acids is 1. The molecule has 5 nitrogen and oxygen atoms in total. The molecule has 0 fully saturated rings. The molecule has 2 N–H and O–H groups in total. The molecule has 25 heavy (non-hydrogen) atoms. The highest BCUT2D eigenvalue weighted by atomic mass is 35.5. The van der Waals surface area contributed by atoms with Crippen LogP contribution in [0.25, 0.3) is 0 Å². The second kappa shape index (κ2) is 7.89. The molecule has 2 aromatic carbocycles. The van der Waals surface area contributed by atoms with Crippen molar-refractivity contribution >= 4 is 33.2 Å². The molecule has 0 unspecified atom stereocenters. The van der Waals surface area contributed by atoms with E-state index in [0.29, 0.717) is 0 Å². The molecule has 0 radical (unpaired) electrons. The van der Waals surface area contributed by atoms with E-state index in [1.807, 2.05) is 20.8 Å². The van der Waals surface area contributed by atoms with E-state index in [4.69, 9.17) is 11.6 Å². The summed E-state index contributed by atoms with van der Waals surface area (Å²) in [5.41, 5.74) is 0.498. The number of hydrogen-bond donors (Lipinski definition) is 2. The summed E-state index contributed by atoms with van der Waals surface area (Å²) < 4.78 is 27.2. The van der Waals surface area contributed by atoms with Gasteiger partial charge in [-0.1, -0.05) is 43.6 Å². The molecule has 0 saturated heterocycles. The van der Waals surface area contributed by atoms with Gasteiger partial charge < -0.3 is 5.32 Å². The first-order chi connectivity index (χ1) is 11.7. The molecule has 0 heterocycles. The van der Waals surface area contributed by atoms with E-state index in [1.165, 1.54) is 30.3 Å². The van der Waals surface area contributed by atoms with E-state index in [-0.39, 0.29) is 39.0 Å². The molecule has 0 aliphatic carbocycles. The molecule has 0 bridgehead atoms. The van der Waals surface area contributed by atoms with E-state index in [1.54, 1.807) is 18.2 Å². The highest BCUT2D eigenvalue weighted by molar-refractivity contribution is 7.92. The molecule has 1 atom stereocenters. The fraction of sp³-hybridized carbons (Fsp3) is 0.278. The van der Waals surface area contributed by atoms with Crippen molar-refractivity contribution in [3.8, 4) is 0 Å². The minimum atomic E-state index is -3.73. The summed E-state index contributed by atoms with van der Waals surface area (Å²) in [6, 6.07) is 12.4. The normalized spacial score (nSPS) is 12.7. The molecular formula is C18H21ClN2O3S. The fourth-order valence-electron chi connectivity index (χ4n) is 2.03. The average molecular weight is 381 g/mol. The predicted octanol–water partition coefficient (Wildman–Crippen LogP) is 3.92. The van der Waals surface area contributed by atoms with Crippen LogP contribution in [0.5, 0.6) is 0 Å². The molecule has 0 spiro atoms. The van der Waals surface area contributed by atoms with Crippen LogP contribution in [0.15, 0.2) is 53.4 Å². The van der Waals surface area contributed by atoms with E-state index < -0.39 is 10.0 Å². The molecular weight excluding hydrogens is 360 g/mol. The Labute approximate surface area is 153 Å². The Hall–Kier alpha value is -2.05. The van der Waals surface area contributed by atoms with Crippen molar-refractivity contribution in [2.75, 3.05) is 4.72 Å². The van der Waals surface area contributed by atoms with Crippen molar-refractivity contribution < 1.29 is 13.2 Å². The van der Waals surface area contributed by atoms with Gasteiger partial charge in [-0.05, 0) is 43.2 Å². The second-order valence-electron chi connectivity index (χ2n) is 6.12. The molecule has 1 amide bonds. The lowest BCUT2D eigenvalue weighted by Gasteiger charge is -2.18. The van der Waals surface area contributed by atoms with Crippen molar-refractivity contribution in [1.82, 2.24) is 5.32 Å². The Bertz CT molecular complexity index is 852. The lowest BCUT2D eigenvalue weighted by atomic mass is 10.1. The molecule has 134 valence electrons. The first kappa shape index (κ1) is 19.3. The largest absolute Gasteiger partial charge is 0.349 e. The van der Waals surface area contributed by atoms with Gasteiger partial charge in [0.05, 0.1) is 15.5 Å². The van der Waals surface area contributed by atoms with Crippen molar-refractivity contribution in [2.45, 2.75) is 31.7 Å². The van der Waals surface area contributed by atoms with Gasteiger partial charge in [-0.2, -0.15) is 0 Å². The number of amides is 1. The van der Waals surface area contributed by atoms with Crippen LogP contribution in [0, 0.1) is 5.92 Å². The van der Waals surface area contributed by atoms with Gasteiger partial charge in [0.2, 0.25) is 0 Å². The van der Waals surface area contributed by atoms with Gasteiger partial charge in [0.1, 0.15) is 0 Å². The third-order valence-corrected chi connectivity index (χ3v) is 5.60. The molecule has 0 aliphatic rings. The van der Waals surface area contributed by atoms with E-state index in [0.717, 1.165) is 0 Å². The van der Waals surface area contributed by atoms with Crippen molar-refractivity contribution in [1.29, 1.82) is 0 Å². The van der Waals surface area contributed by atoms with E-state index >= 15 is 0 Å². The highest BCUT2D eigenvalue weighted by Gasteiger charge is 2.18. The highest BCUT2D eigenvalue weighted by Crippen LogP contribution is 2.23. The van der Waals surface area contributed by atoms with Crippen LogP contribution in [0.4, 0.5) is 5.69 Å². The van der Waals surface area contributed by atoms with Crippen LogP contribution in [0.3, 0.4) is 0 Å². The zero-order valence-electron chi connectivity index (χ0n) is 14.3. The van der Waals surface area contributed by atoms with Gasteiger partial charge in [-0.15, -0.1) is 0 Å². The van der Waals surface area contributed by atoms with Gasteiger partial charge in [0, 0.05) is 11.7 Å². The smallest absolute Gasteiger partial charge is 0.261 e. The van der Waals surface area contributed by atoms with Crippen LogP contribution >= 0.6 is 11.6 Å².